The first-order valence-electron chi connectivity index (χ1n) is 6.25. The predicted octanol–water partition coefficient (Wildman–Crippen LogP) is 2.03. The highest BCUT2D eigenvalue weighted by Gasteiger charge is 2.23. The molecule has 2 aromatic rings. The molecule has 0 aliphatic heterocycles. The second-order valence-corrected chi connectivity index (χ2v) is 4.79. The monoisotopic (exact) mass is 261 g/mol. The van der Waals surface area contributed by atoms with Gasteiger partial charge in [0.15, 0.2) is 11.5 Å². The molecule has 1 saturated carbocycles. The molecule has 0 radical (unpaired) electrons. The lowest BCUT2D eigenvalue weighted by molar-refractivity contribution is 0.283. The van der Waals surface area contributed by atoms with Crippen LogP contribution in [0.1, 0.15) is 12.8 Å². The first kappa shape index (κ1) is 11.9. The van der Waals surface area contributed by atoms with Gasteiger partial charge < -0.3 is 19.6 Å². The van der Waals surface area contributed by atoms with Crippen LogP contribution >= 0.6 is 0 Å². The van der Waals surface area contributed by atoms with Crippen molar-refractivity contribution in [3.63, 3.8) is 0 Å². The molecule has 2 N–H and O–H groups in total. The number of pyridine rings is 1. The molecule has 0 atom stereocenters. The Kier molecular flexibility index (Phi) is 2.81. The molecule has 0 bridgehead atoms. The van der Waals surface area contributed by atoms with Crippen LogP contribution in [0.4, 0.5) is 0 Å². The van der Waals surface area contributed by atoms with Gasteiger partial charge in [0.05, 0.1) is 19.2 Å². The molecule has 19 heavy (non-hydrogen) atoms. The highest BCUT2D eigenvalue weighted by molar-refractivity contribution is 5.91. The standard InChI is InChI=1S/C14H15NO4/c1-18-11-5-4-9-10(16)6-12(17)15-13(9)14(11)19-7-8-2-3-8/h4-6,8H,2-3,7H2,1H3,(H2,15,16,17). The van der Waals surface area contributed by atoms with E-state index in [2.05, 4.69) is 4.98 Å². The molecule has 1 aromatic carbocycles. The molecule has 1 aliphatic carbocycles. The zero-order valence-corrected chi connectivity index (χ0v) is 10.6. The van der Waals surface area contributed by atoms with Crippen LogP contribution in [-0.4, -0.2) is 23.8 Å². The minimum absolute atomic E-state index is 0.0577. The Morgan fingerprint density at radius 2 is 2.21 bits per heavy atom. The van der Waals surface area contributed by atoms with Crippen molar-refractivity contribution in [1.82, 2.24) is 4.98 Å². The summed E-state index contributed by atoms with van der Waals surface area (Å²) < 4.78 is 11.0. The van der Waals surface area contributed by atoms with E-state index in [-0.39, 0.29) is 11.3 Å². The highest BCUT2D eigenvalue weighted by atomic mass is 16.5. The Morgan fingerprint density at radius 3 is 2.89 bits per heavy atom. The molecule has 1 heterocycles. The Morgan fingerprint density at radius 1 is 1.42 bits per heavy atom. The Labute approximate surface area is 109 Å². The van der Waals surface area contributed by atoms with Crippen molar-refractivity contribution >= 4 is 10.9 Å². The average Bonchev–Trinajstić information content (AvgIpc) is 3.19. The normalized spacial score (nSPS) is 14.6. The van der Waals surface area contributed by atoms with Gasteiger partial charge in [-0.2, -0.15) is 0 Å². The minimum Gasteiger partial charge on any atom is -0.507 e. The van der Waals surface area contributed by atoms with E-state index in [1.807, 2.05) is 0 Å². The molecule has 5 nitrogen and oxygen atoms in total. The molecule has 0 spiro atoms. The number of rotatable bonds is 4. The summed E-state index contributed by atoms with van der Waals surface area (Å²) in [6.45, 7) is 0.604. The van der Waals surface area contributed by atoms with Crippen molar-refractivity contribution in [1.29, 1.82) is 0 Å². The number of aromatic nitrogens is 1. The number of hydrogen-bond acceptors (Lipinski definition) is 4. The third-order valence-corrected chi connectivity index (χ3v) is 3.29. The maximum Gasteiger partial charge on any atom is 0.252 e. The van der Waals surface area contributed by atoms with Crippen LogP contribution in [-0.2, 0) is 0 Å². The lowest BCUT2D eigenvalue weighted by Gasteiger charge is -2.13. The van der Waals surface area contributed by atoms with Gasteiger partial charge in [0.1, 0.15) is 5.75 Å². The molecular weight excluding hydrogens is 246 g/mol. The molecule has 0 saturated heterocycles. The number of aromatic hydroxyl groups is 1. The molecule has 5 heteroatoms. The number of nitrogens with one attached hydrogen (secondary N) is 1. The SMILES string of the molecule is COc1ccc2c(O)cc(=O)[nH]c2c1OCC1CC1. The van der Waals surface area contributed by atoms with Gasteiger partial charge in [-0.3, -0.25) is 4.79 Å². The fraction of sp³-hybridized carbons (Fsp3) is 0.357. The van der Waals surface area contributed by atoms with Gasteiger partial charge in [0, 0.05) is 11.5 Å². The topological polar surface area (TPSA) is 71.5 Å². The molecule has 1 aromatic heterocycles. The van der Waals surface area contributed by atoms with Gasteiger partial charge in [-0.05, 0) is 30.9 Å². The van der Waals surface area contributed by atoms with E-state index in [0.29, 0.717) is 34.9 Å². The largest absolute Gasteiger partial charge is 0.507 e. The lowest BCUT2D eigenvalue weighted by atomic mass is 10.1. The van der Waals surface area contributed by atoms with Crippen molar-refractivity contribution in [2.24, 2.45) is 5.92 Å². The summed E-state index contributed by atoms with van der Waals surface area (Å²) in [5.74, 6) is 1.57. The Bertz CT molecular complexity index is 673. The van der Waals surface area contributed by atoms with E-state index >= 15 is 0 Å². The van der Waals surface area contributed by atoms with Crippen LogP contribution in [0, 0.1) is 5.92 Å². The van der Waals surface area contributed by atoms with Gasteiger partial charge in [-0.15, -0.1) is 0 Å². The summed E-state index contributed by atoms with van der Waals surface area (Å²) in [7, 11) is 1.55. The van der Waals surface area contributed by atoms with E-state index in [0.717, 1.165) is 6.07 Å². The highest BCUT2D eigenvalue weighted by Crippen LogP contribution is 2.38. The van der Waals surface area contributed by atoms with Crippen LogP contribution in [0.25, 0.3) is 10.9 Å². The van der Waals surface area contributed by atoms with E-state index in [1.54, 1.807) is 19.2 Å². The fourth-order valence-electron chi connectivity index (χ4n) is 2.05. The van der Waals surface area contributed by atoms with Crippen LogP contribution in [0.5, 0.6) is 17.2 Å². The number of H-pyrrole nitrogens is 1. The van der Waals surface area contributed by atoms with Crippen LogP contribution in [0.15, 0.2) is 23.0 Å². The Hall–Kier alpha value is -2.17. The van der Waals surface area contributed by atoms with E-state index in [4.69, 9.17) is 9.47 Å². The Balaban J connectivity index is 2.14. The van der Waals surface area contributed by atoms with Gasteiger partial charge in [0.25, 0.3) is 5.56 Å². The minimum atomic E-state index is -0.366. The maximum atomic E-state index is 11.5. The second kappa shape index (κ2) is 4.50. The number of methoxy groups -OCH3 is 1. The van der Waals surface area contributed by atoms with E-state index in [9.17, 15) is 9.90 Å². The number of fused-ring (bicyclic) bond motifs is 1. The molecule has 0 unspecified atom stereocenters. The van der Waals surface area contributed by atoms with Crippen LogP contribution in [0.2, 0.25) is 0 Å². The fourth-order valence-corrected chi connectivity index (χ4v) is 2.05. The van der Waals surface area contributed by atoms with Crippen molar-refractivity contribution in [3.05, 3.63) is 28.6 Å². The molecule has 1 fully saturated rings. The third-order valence-electron chi connectivity index (χ3n) is 3.29. The molecule has 100 valence electrons. The molecule has 3 rings (SSSR count). The number of aromatic amines is 1. The number of hydrogen-bond donors (Lipinski definition) is 2. The zero-order valence-electron chi connectivity index (χ0n) is 10.6. The molecular formula is C14H15NO4. The second-order valence-electron chi connectivity index (χ2n) is 4.79. The zero-order chi connectivity index (χ0) is 13.4. The summed E-state index contributed by atoms with van der Waals surface area (Å²) in [5, 5.41) is 10.4. The quantitative estimate of drug-likeness (QED) is 0.883. The smallest absolute Gasteiger partial charge is 0.252 e. The van der Waals surface area contributed by atoms with Gasteiger partial charge in [-0.25, -0.2) is 0 Å². The molecule has 1 aliphatic rings. The summed E-state index contributed by atoms with van der Waals surface area (Å²) in [6, 6.07) is 4.57. The van der Waals surface area contributed by atoms with E-state index in [1.165, 1.54) is 12.8 Å². The molecule has 0 amide bonds. The summed E-state index contributed by atoms with van der Waals surface area (Å²) >= 11 is 0. The van der Waals surface area contributed by atoms with E-state index < -0.39 is 0 Å². The van der Waals surface area contributed by atoms with Crippen LogP contribution < -0.4 is 15.0 Å². The first-order valence-corrected chi connectivity index (χ1v) is 6.25. The average molecular weight is 261 g/mol. The van der Waals surface area contributed by atoms with Crippen molar-refractivity contribution in [2.75, 3.05) is 13.7 Å². The first-order chi connectivity index (χ1) is 9.19. The lowest BCUT2D eigenvalue weighted by Crippen LogP contribution is -2.07. The van der Waals surface area contributed by atoms with Gasteiger partial charge in [-0.1, -0.05) is 0 Å². The van der Waals surface area contributed by atoms with Crippen molar-refractivity contribution < 1.29 is 14.6 Å². The van der Waals surface area contributed by atoms with Crippen LogP contribution in [0.3, 0.4) is 0 Å². The van der Waals surface area contributed by atoms with Gasteiger partial charge in [0.2, 0.25) is 0 Å². The number of ether oxygens (including phenoxy) is 2. The van der Waals surface area contributed by atoms with Crippen molar-refractivity contribution in [2.45, 2.75) is 12.8 Å². The van der Waals surface area contributed by atoms with Crippen molar-refractivity contribution in [3.8, 4) is 17.2 Å². The summed E-state index contributed by atoms with van der Waals surface area (Å²) in [6.07, 6.45) is 2.35. The predicted molar refractivity (Wildman–Crippen MR) is 71.0 cm³/mol. The number of benzene rings is 1. The maximum absolute atomic E-state index is 11.5. The van der Waals surface area contributed by atoms with Gasteiger partial charge >= 0.3 is 0 Å². The third kappa shape index (κ3) is 2.23. The summed E-state index contributed by atoms with van der Waals surface area (Å²) in [5.41, 5.74) is 0.111. The summed E-state index contributed by atoms with van der Waals surface area (Å²) in [4.78, 5) is 14.2.